The Morgan fingerprint density at radius 1 is 1.17 bits per heavy atom. The Hall–Kier alpha value is -2.41. The second-order valence-electron chi connectivity index (χ2n) is 5.08. The maximum atomic E-state index is 12.0. The molecule has 2 rings (SSSR count). The summed E-state index contributed by atoms with van der Waals surface area (Å²) < 4.78 is 4.86. The van der Waals surface area contributed by atoms with Gasteiger partial charge >= 0.3 is 12.0 Å². The largest absolute Gasteiger partial charge is 0.466 e. The fraction of sp³-hybridized carbons (Fsp3) is 0.312. The Balaban J connectivity index is 1.93. The van der Waals surface area contributed by atoms with Gasteiger partial charge in [-0.2, -0.15) is 0 Å². The van der Waals surface area contributed by atoms with Crippen molar-refractivity contribution in [1.82, 2.24) is 4.98 Å². The van der Waals surface area contributed by atoms with Gasteiger partial charge in [0.25, 0.3) is 0 Å². The number of thiazole rings is 1. The van der Waals surface area contributed by atoms with Crippen LogP contribution in [-0.4, -0.2) is 23.6 Å². The fourth-order valence-electron chi connectivity index (χ4n) is 2.11. The van der Waals surface area contributed by atoms with E-state index in [0.717, 1.165) is 16.8 Å². The molecule has 2 aromatic rings. The van der Waals surface area contributed by atoms with Gasteiger partial charge in [0.2, 0.25) is 0 Å². The van der Waals surface area contributed by atoms with Crippen LogP contribution in [0.15, 0.2) is 23.6 Å². The highest BCUT2D eigenvalue weighted by Gasteiger charge is 2.10. The van der Waals surface area contributed by atoms with Crippen LogP contribution in [0.3, 0.4) is 0 Å². The summed E-state index contributed by atoms with van der Waals surface area (Å²) in [6.07, 6.45) is 0.102. The Morgan fingerprint density at radius 3 is 2.52 bits per heavy atom. The van der Waals surface area contributed by atoms with E-state index in [2.05, 4.69) is 15.6 Å². The number of aromatic nitrogens is 1. The molecule has 1 heterocycles. The van der Waals surface area contributed by atoms with Crippen molar-refractivity contribution < 1.29 is 14.3 Å². The molecule has 7 heteroatoms. The summed E-state index contributed by atoms with van der Waals surface area (Å²) in [6.45, 7) is 6.03. The van der Waals surface area contributed by atoms with Crippen molar-refractivity contribution in [3.8, 4) is 0 Å². The van der Waals surface area contributed by atoms with Gasteiger partial charge in [-0.15, -0.1) is 11.3 Å². The topological polar surface area (TPSA) is 80.3 Å². The molecular weight excluding hydrogens is 314 g/mol. The zero-order chi connectivity index (χ0) is 16.8. The molecule has 122 valence electrons. The highest BCUT2D eigenvalue weighted by atomic mass is 32.1. The van der Waals surface area contributed by atoms with Crippen molar-refractivity contribution in [2.75, 3.05) is 17.2 Å². The lowest BCUT2D eigenvalue weighted by Crippen LogP contribution is -2.19. The third-order valence-corrected chi connectivity index (χ3v) is 3.69. The standard InChI is InChI=1S/C16H19N3O3S/c1-4-22-14(20)8-13-9-23-16(18-13)19-15(21)17-12-6-10(2)5-11(3)7-12/h5-7,9H,4,8H2,1-3H3,(H2,17,18,19,21). The molecule has 2 N–H and O–H groups in total. The van der Waals surface area contributed by atoms with Gasteiger partial charge in [0.05, 0.1) is 18.7 Å². The maximum absolute atomic E-state index is 12.0. The number of nitrogens with zero attached hydrogens (tertiary/aromatic N) is 1. The minimum atomic E-state index is -0.368. The molecule has 23 heavy (non-hydrogen) atoms. The van der Waals surface area contributed by atoms with Gasteiger partial charge in [0, 0.05) is 11.1 Å². The summed E-state index contributed by atoms with van der Waals surface area (Å²) in [7, 11) is 0. The van der Waals surface area contributed by atoms with Gasteiger partial charge in [0.15, 0.2) is 5.13 Å². The quantitative estimate of drug-likeness (QED) is 0.821. The fourth-order valence-corrected chi connectivity index (χ4v) is 2.82. The molecule has 0 spiro atoms. The van der Waals surface area contributed by atoms with E-state index in [9.17, 15) is 9.59 Å². The smallest absolute Gasteiger partial charge is 0.325 e. The van der Waals surface area contributed by atoms with E-state index in [1.165, 1.54) is 11.3 Å². The lowest BCUT2D eigenvalue weighted by Gasteiger charge is -2.07. The van der Waals surface area contributed by atoms with Crippen LogP contribution in [0.25, 0.3) is 0 Å². The maximum Gasteiger partial charge on any atom is 0.325 e. The molecule has 0 aliphatic carbocycles. The molecular formula is C16H19N3O3S. The number of carbonyl (C=O) groups is 2. The zero-order valence-electron chi connectivity index (χ0n) is 13.3. The van der Waals surface area contributed by atoms with E-state index < -0.39 is 0 Å². The van der Waals surface area contributed by atoms with Crippen LogP contribution in [0.2, 0.25) is 0 Å². The number of hydrogen-bond donors (Lipinski definition) is 2. The molecule has 6 nitrogen and oxygen atoms in total. The van der Waals surface area contributed by atoms with E-state index in [1.54, 1.807) is 12.3 Å². The molecule has 0 atom stereocenters. The summed E-state index contributed by atoms with van der Waals surface area (Å²) in [6, 6.07) is 5.44. The van der Waals surface area contributed by atoms with Crippen LogP contribution in [0.4, 0.5) is 15.6 Å². The Labute approximate surface area is 138 Å². The van der Waals surface area contributed by atoms with Crippen molar-refractivity contribution in [3.05, 3.63) is 40.4 Å². The Morgan fingerprint density at radius 2 is 1.87 bits per heavy atom. The number of carbonyl (C=O) groups excluding carboxylic acids is 2. The molecule has 1 aromatic carbocycles. The van der Waals surface area contributed by atoms with Crippen LogP contribution in [0.5, 0.6) is 0 Å². The van der Waals surface area contributed by atoms with Crippen LogP contribution in [0.1, 0.15) is 23.7 Å². The van der Waals surface area contributed by atoms with Gasteiger partial charge in [-0.25, -0.2) is 9.78 Å². The van der Waals surface area contributed by atoms with Crippen molar-refractivity contribution in [2.24, 2.45) is 0 Å². The first-order valence-corrected chi connectivity index (χ1v) is 8.10. The molecule has 2 amide bonds. The van der Waals surface area contributed by atoms with Gasteiger partial charge in [-0.05, 0) is 44.0 Å². The van der Waals surface area contributed by atoms with E-state index in [4.69, 9.17) is 4.74 Å². The number of rotatable bonds is 5. The van der Waals surface area contributed by atoms with Crippen LogP contribution >= 0.6 is 11.3 Å². The molecule has 0 saturated heterocycles. The monoisotopic (exact) mass is 333 g/mol. The van der Waals surface area contributed by atoms with Crippen LogP contribution in [0, 0.1) is 13.8 Å². The number of anilines is 2. The molecule has 0 radical (unpaired) electrons. The van der Waals surface area contributed by atoms with Gasteiger partial charge in [-0.1, -0.05) is 6.07 Å². The first kappa shape index (κ1) is 17.0. The molecule has 0 saturated carbocycles. The lowest BCUT2D eigenvalue weighted by molar-refractivity contribution is -0.142. The molecule has 0 unspecified atom stereocenters. The van der Waals surface area contributed by atoms with Crippen molar-refractivity contribution in [2.45, 2.75) is 27.2 Å². The summed E-state index contributed by atoms with van der Waals surface area (Å²) in [4.78, 5) is 27.6. The highest BCUT2D eigenvalue weighted by molar-refractivity contribution is 7.13. The number of esters is 1. The van der Waals surface area contributed by atoms with Crippen molar-refractivity contribution in [3.63, 3.8) is 0 Å². The number of ether oxygens (including phenoxy) is 1. The number of benzene rings is 1. The minimum Gasteiger partial charge on any atom is -0.466 e. The first-order valence-electron chi connectivity index (χ1n) is 7.22. The van der Waals surface area contributed by atoms with E-state index in [1.807, 2.05) is 32.0 Å². The minimum absolute atomic E-state index is 0.102. The highest BCUT2D eigenvalue weighted by Crippen LogP contribution is 2.18. The molecule has 1 aromatic heterocycles. The normalized spacial score (nSPS) is 10.2. The number of amides is 2. The average molecular weight is 333 g/mol. The number of aryl methyl sites for hydroxylation is 2. The average Bonchev–Trinajstić information content (AvgIpc) is 2.84. The van der Waals surface area contributed by atoms with Crippen molar-refractivity contribution in [1.29, 1.82) is 0 Å². The molecule has 0 fully saturated rings. The van der Waals surface area contributed by atoms with Gasteiger partial charge < -0.3 is 10.1 Å². The number of nitrogens with one attached hydrogen (secondary N) is 2. The Kier molecular flexibility index (Phi) is 5.70. The third kappa shape index (κ3) is 5.37. The van der Waals surface area contributed by atoms with E-state index >= 15 is 0 Å². The SMILES string of the molecule is CCOC(=O)Cc1csc(NC(=O)Nc2cc(C)cc(C)c2)n1. The van der Waals surface area contributed by atoms with Gasteiger partial charge in [0.1, 0.15) is 0 Å². The summed E-state index contributed by atoms with van der Waals surface area (Å²) in [5.74, 6) is -0.330. The second-order valence-corrected chi connectivity index (χ2v) is 5.94. The summed E-state index contributed by atoms with van der Waals surface area (Å²) in [5, 5.41) is 7.59. The molecule has 0 aliphatic rings. The molecule has 0 bridgehead atoms. The Bertz CT molecular complexity index is 692. The van der Waals surface area contributed by atoms with Crippen molar-refractivity contribution >= 4 is 34.2 Å². The lowest BCUT2D eigenvalue weighted by atomic mass is 10.1. The third-order valence-electron chi connectivity index (χ3n) is 2.88. The molecule has 0 aliphatic heterocycles. The number of hydrogen-bond acceptors (Lipinski definition) is 5. The predicted octanol–water partition coefficient (Wildman–Crippen LogP) is 3.51. The zero-order valence-corrected chi connectivity index (χ0v) is 14.1. The van der Waals surface area contributed by atoms with E-state index in [-0.39, 0.29) is 18.4 Å². The predicted molar refractivity (Wildman–Crippen MR) is 91.0 cm³/mol. The van der Waals surface area contributed by atoms with Gasteiger partial charge in [-0.3, -0.25) is 10.1 Å². The van der Waals surface area contributed by atoms with E-state index in [0.29, 0.717) is 17.4 Å². The summed E-state index contributed by atoms with van der Waals surface area (Å²) in [5.41, 5.74) is 3.45. The second kappa shape index (κ2) is 7.73. The summed E-state index contributed by atoms with van der Waals surface area (Å²) >= 11 is 1.26. The van der Waals surface area contributed by atoms with Crippen LogP contribution in [-0.2, 0) is 16.0 Å². The number of urea groups is 1. The first-order chi connectivity index (χ1) is 11.0. The van der Waals surface area contributed by atoms with Crippen LogP contribution < -0.4 is 10.6 Å².